The number of ether oxygens (including phenoxy) is 2. The predicted octanol–water partition coefficient (Wildman–Crippen LogP) is 4.35. The van der Waals surface area contributed by atoms with Crippen LogP contribution in [0, 0.1) is 11.3 Å². The van der Waals surface area contributed by atoms with E-state index in [1.54, 1.807) is 18.2 Å². The summed E-state index contributed by atoms with van der Waals surface area (Å²) in [5.74, 6) is 1.13. The summed E-state index contributed by atoms with van der Waals surface area (Å²) in [5.41, 5.74) is 8.85. The maximum absolute atomic E-state index is 11.4. The fourth-order valence-electron chi connectivity index (χ4n) is 3.60. The van der Waals surface area contributed by atoms with E-state index in [0.29, 0.717) is 27.8 Å². The Kier molecular flexibility index (Phi) is 9.21. The van der Waals surface area contributed by atoms with Gasteiger partial charge in [0.25, 0.3) is 0 Å². The lowest BCUT2D eigenvalue weighted by atomic mass is 9.77. The zero-order chi connectivity index (χ0) is 27.2. The average molecular weight is 564 g/mol. The highest BCUT2D eigenvalue weighted by Gasteiger charge is 2.27. The van der Waals surface area contributed by atoms with Crippen LogP contribution < -0.4 is 19.9 Å². The number of hydrogen-bond acceptors (Lipinski definition) is 8. The molecule has 0 aliphatic rings. The van der Waals surface area contributed by atoms with Crippen molar-refractivity contribution in [3.63, 3.8) is 0 Å². The first kappa shape index (κ1) is 28.5. The molecule has 0 amide bonds. The average Bonchev–Trinajstić information content (AvgIpc) is 2.85. The zero-order valence-electron chi connectivity index (χ0n) is 20.6. The lowest BCUT2D eigenvalue weighted by molar-refractivity contribution is 0.298. The second kappa shape index (κ2) is 12.0. The van der Waals surface area contributed by atoms with Crippen molar-refractivity contribution in [1.82, 2.24) is 9.97 Å². The third-order valence-corrected chi connectivity index (χ3v) is 6.57. The van der Waals surface area contributed by atoms with Gasteiger partial charge in [-0.05, 0) is 41.5 Å². The molecule has 0 saturated carbocycles. The Morgan fingerprint density at radius 2 is 1.92 bits per heavy atom. The van der Waals surface area contributed by atoms with Crippen molar-refractivity contribution in [2.45, 2.75) is 32.4 Å². The van der Waals surface area contributed by atoms with Gasteiger partial charge in [0.05, 0.1) is 28.4 Å². The zero-order valence-corrected chi connectivity index (χ0v) is 22.9. The normalized spacial score (nSPS) is 11.6. The molecule has 0 bridgehead atoms. The molecular formula is C25H27Cl2N5O4S. The summed E-state index contributed by atoms with van der Waals surface area (Å²) in [4.78, 5) is 8.06. The summed E-state index contributed by atoms with van der Waals surface area (Å²) in [6.07, 6.45) is 2.47. The Bertz CT molecular complexity index is 1430. The Morgan fingerprint density at radius 1 is 1.16 bits per heavy atom. The summed E-state index contributed by atoms with van der Waals surface area (Å²) < 4.78 is 36.6. The molecule has 0 unspecified atom stereocenters. The van der Waals surface area contributed by atoms with Crippen molar-refractivity contribution in [3.8, 4) is 17.6 Å². The monoisotopic (exact) mass is 563 g/mol. The van der Waals surface area contributed by atoms with Crippen molar-refractivity contribution < 1.29 is 17.9 Å². The van der Waals surface area contributed by atoms with Gasteiger partial charge in [0.1, 0.15) is 25.0 Å². The van der Waals surface area contributed by atoms with E-state index in [2.05, 4.69) is 20.8 Å². The first-order chi connectivity index (χ1) is 17.5. The van der Waals surface area contributed by atoms with Gasteiger partial charge in [0.15, 0.2) is 5.75 Å². The van der Waals surface area contributed by atoms with Gasteiger partial charge in [-0.2, -0.15) is 5.26 Å². The molecule has 0 saturated heterocycles. The molecule has 37 heavy (non-hydrogen) atoms. The number of rotatable bonds is 11. The number of nitriles is 1. The maximum Gasteiger partial charge on any atom is 0.236 e. The molecule has 9 nitrogen and oxygen atoms in total. The SMILES string of the molecule is CC(C)(c1cc(Cl)c(OCCCl)c(C#N)c1)c1ccc(OCc2ccnc(NS(C)(=O)=O)n2)c(CN)c1. The minimum atomic E-state index is -3.50. The number of sulfonamides is 1. The van der Waals surface area contributed by atoms with Crippen LogP contribution in [0.1, 0.15) is 41.8 Å². The van der Waals surface area contributed by atoms with E-state index in [9.17, 15) is 13.7 Å². The minimum absolute atomic E-state index is 0.0331. The second-order valence-electron chi connectivity index (χ2n) is 8.67. The number of nitrogens with one attached hydrogen (secondary N) is 1. The Hall–Kier alpha value is -3.10. The van der Waals surface area contributed by atoms with E-state index in [0.717, 1.165) is 22.9 Å². The molecule has 0 aliphatic carbocycles. The third-order valence-electron chi connectivity index (χ3n) is 5.58. The van der Waals surface area contributed by atoms with Crippen LogP contribution >= 0.6 is 23.2 Å². The first-order valence-electron chi connectivity index (χ1n) is 11.2. The molecule has 196 valence electrons. The Labute approximate surface area is 226 Å². The van der Waals surface area contributed by atoms with Gasteiger partial charge in [-0.3, -0.25) is 4.72 Å². The Balaban J connectivity index is 1.86. The standard InChI is InChI=1S/C25H27Cl2N5O4S/c1-25(2,19-11-17(14-29)23(21(27)12-19)35-9-7-26)18-4-5-22(16(10-18)13-28)36-15-20-6-8-30-24(31-20)32-37(3,33)34/h4-6,8,10-12H,7,9,13,15,28H2,1-3H3,(H,30,31,32). The molecule has 2 aromatic carbocycles. The molecule has 0 radical (unpaired) electrons. The van der Waals surface area contributed by atoms with Crippen LogP contribution in [-0.2, 0) is 28.6 Å². The lowest BCUT2D eigenvalue weighted by Gasteiger charge is -2.28. The predicted molar refractivity (Wildman–Crippen MR) is 144 cm³/mol. The topological polar surface area (TPSA) is 140 Å². The van der Waals surface area contributed by atoms with Gasteiger partial charge in [0, 0.05) is 23.7 Å². The number of nitrogens with two attached hydrogens (primary N) is 1. The highest BCUT2D eigenvalue weighted by molar-refractivity contribution is 7.91. The highest BCUT2D eigenvalue weighted by atomic mass is 35.5. The smallest absolute Gasteiger partial charge is 0.236 e. The van der Waals surface area contributed by atoms with Crippen molar-refractivity contribution in [2.75, 3.05) is 23.5 Å². The molecule has 3 rings (SSSR count). The minimum Gasteiger partial charge on any atom is -0.489 e. The largest absolute Gasteiger partial charge is 0.489 e. The Morgan fingerprint density at radius 3 is 2.57 bits per heavy atom. The van der Waals surface area contributed by atoms with Gasteiger partial charge in [0.2, 0.25) is 16.0 Å². The molecule has 0 atom stereocenters. The number of anilines is 1. The van der Waals surface area contributed by atoms with E-state index >= 15 is 0 Å². The third kappa shape index (κ3) is 7.23. The highest BCUT2D eigenvalue weighted by Crippen LogP contribution is 2.39. The lowest BCUT2D eigenvalue weighted by Crippen LogP contribution is -2.20. The fourth-order valence-corrected chi connectivity index (χ4v) is 4.38. The van der Waals surface area contributed by atoms with Crippen LogP contribution in [0.25, 0.3) is 0 Å². The first-order valence-corrected chi connectivity index (χ1v) is 14.0. The molecule has 0 aliphatic heterocycles. The molecule has 3 aromatic rings. The van der Waals surface area contributed by atoms with Crippen molar-refractivity contribution in [2.24, 2.45) is 5.73 Å². The van der Waals surface area contributed by atoms with E-state index in [-0.39, 0.29) is 31.6 Å². The van der Waals surface area contributed by atoms with E-state index in [4.69, 9.17) is 38.4 Å². The van der Waals surface area contributed by atoms with E-state index in [1.807, 2.05) is 32.0 Å². The van der Waals surface area contributed by atoms with Crippen LogP contribution in [0.4, 0.5) is 5.95 Å². The van der Waals surface area contributed by atoms with Crippen molar-refractivity contribution in [3.05, 3.63) is 75.6 Å². The van der Waals surface area contributed by atoms with Crippen LogP contribution in [0.2, 0.25) is 5.02 Å². The van der Waals surface area contributed by atoms with Gasteiger partial charge in [-0.25, -0.2) is 18.4 Å². The molecule has 3 N–H and O–H groups in total. The summed E-state index contributed by atoms with van der Waals surface area (Å²) in [6, 6.07) is 13.0. The van der Waals surface area contributed by atoms with Gasteiger partial charge in [-0.15, -0.1) is 11.6 Å². The maximum atomic E-state index is 11.4. The number of nitrogens with zero attached hydrogens (tertiary/aromatic N) is 3. The molecule has 0 fully saturated rings. The number of halogens is 2. The number of alkyl halides is 1. The number of benzene rings is 2. The van der Waals surface area contributed by atoms with Crippen molar-refractivity contribution >= 4 is 39.2 Å². The van der Waals surface area contributed by atoms with Crippen LogP contribution in [0.15, 0.2) is 42.6 Å². The van der Waals surface area contributed by atoms with E-state index < -0.39 is 15.4 Å². The van der Waals surface area contributed by atoms with Gasteiger partial charge < -0.3 is 15.2 Å². The molecule has 0 spiro atoms. The number of hydrogen-bond donors (Lipinski definition) is 2. The summed E-state index contributed by atoms with van der Waals surface area (Å²) >= 11 is 12.2. The van der Waals surface area contributed by atoms with Crippen LogP contribution in [0.3, 0.4) is 0 Å². The second-order valence-corrected chi connectivity index (χ2v) is 11.2. The summed E-state index contributed by atoms with van der Waals surface area (Å²) in [5, 5.41) is 9.98. The molecular weight excluding hydrogens is 537 g/mol. The van der Waals surface area contributed by atoms with Crippen LogP contribution in [-0.4, -0.2) is 37.1 Å². The van der Waals surface area contributed by atoms with Gasteiger partial charge in [-0.1, -0.05) is 31.5 Å². The summed E-state index contributed by atoms with van der Waals surface area (Å²) in [7, 11) is -3.50. The molecule has 12 heteroatoms. The number of aromatic nitrogens is 2. The summed E-state index contributed by atoms with van der Waals surface area (Å²) in [6.45, 7) is 4.59. The van der Waals surface area contributed by atoms with E-state index in [1.165, 1.54) is 6.20 Å². The van der Waals surface area contributed by atoms with Gasteiger partial charge >= 0.3 is 0 Å². The van der Waals surface area contributed by atoms with Crippen molar-refractivity contribution in [1.29, 1.82) is 5.26 Å². The molecule has 1 aromatic heterocycles. The fraction of sp³-hybridized carbons (Fsp3) is 0.320. The molecule has 1 heterocycles. The quantitative estimate of drug-likeness (QED) is 0.328. The van der Waals surface area contributed by atoms with Crippen LogP contribution in [0.5, 0.6) is 11.5 Å².